The van der Waals surface area contributed by atoms with Crippen LogP contribution in [0.3, 0.4) is 0 Å². The smallest absolute Gasteiger partial charge is 0.338 e. The molecule has 1 heterocycles. The number of hydrogen-bond donors (Lipinski definition) is 1. The molecular weight excluding hydrogens is 633 g/mol. The number of aromatic nitrogens is 2. The van der Waals surface area contributed by atoms with Crippen molar-refractivity contribution in [1.29, 1.82) is 5.26 Å². The van der Waals surface area contributed by atoms with E-state index in [0.29, 0.717) is 16.1 Å². The quantitative estimate of drug-likeness (QED) is 0.198. The van der Waals surface area contributed by atoms with Gasteiger partial charge in [-0.15, -0.1) is 6.42 Å². The first-order chi connectivity index (χ1) is 15.3. The molecule has 0 aliphatic heterocycles. The summed E-state index contributed by atoms with van der Waals surface area (Å²) in [5.74, 6) is 1.74. The molecule has 11 heteroatoms. The maximum atomic E-state index is 14.2. The summed E-state index contributed by atoms with van der Waals surface area (Å²) in [5, 5.41) is 9.43. The van der Waals surface area contributed by atoms with Gasteiger partial charge in [0, 0.05) is 39.7 Å². The van der Waals surface area contributed by atoms with E-state index in [4.69, 9.17) is 29.0 Å². The fraction of sp³-hybridized carbons (Fsp3) is 0.273. The fourth-order valence-corrected chi connectivity index (χ4v) is 4.31. The number of nitrogens with zero attached hydrogens (tertiary/aromatic N) is 3. The van der Waals surface area contributed by atoms with Gasteiger partial charge in [-0.05, 0) is 65.5 Å². The van der Waals surface area contributed by atoms with E-state index < -0.39 is 26.5 Å². The van der Waals surface area contributed by atoms with Gasteiger partial charge in [0.2, 0.25) is 0 Å². The van der Waals surface area contributed by atoms with Crippen LogP contribution < -0.4 is 11.3 Å². The molecule has 33 heavy (non-hydrogen) atoms. The summed E-state index contributed by atoms with van der Waals surface area (Å²) in [6.07, 6.45) is 8.08. The Kier molecular flexibility index (Phi) is 8.80. The molecule has 1 atom stereocenters. The summed E-state index contributed by atoms with van der Waals surface area (Å²) in [5.41, 5.74) is 3.48. The van der Waals surface area contributed by atoms with Crippen LogP contribution >= 0.6 is 50.1 Å². The Morgan fingerprint density at radius 1 is 1.42 bits per heavy atom. The Balaban J connectivity index is 2.51. The van der Waals surface area contributed by atoms with E-state index in [1.54, 1.807) is 19.1 Å². The third-order valence-corrected chi connectivity index (χ3v) is 6.01. The Morgan fingerprint density at radius 3 is 2.64 bits per heavy atom. The molecule has 0 radical (unpaired) electrons. The molecule has 0 bridgehead atoms. The third kappa shape index (κ3) is 7.10. The van der Waals surface area contributed by atoms with Gasteiger partial charge in [0.25, 0.3) is 11.5 Å². The van der Waals surface area contributed by atoms with Crippen LogP contribution in [0.5, 0.6) is 0 Å². The second-order valence-corrected chi connectivity index (χ2v) is 10.0. The van der Waals surface area contributed by atoms with Gasteiger partial charge < -0.3 is 5.73 Å². The lowest BCUT2D eigenvalue weighted by Gasteiger charge is -2.22. The number of nitrogens with two attached hydrogens (primary N) is 1. The SMILES string of the molecule is C#CC(C)(/C=C(/Br)C(N)=O)Cn1cnc(C(F)(F)I)c(CCc2cc(Cl)cc(C#N)c2)c1=O. The van der Waals surface area contributed by atoms with Crippen LogP contribution in [0.4, 0.5) is 8.78 Å². The molecule has 2 aromatic rings. The normalized spacial score (nSPS) is 13.6. The summed E-state index contributed by atoms with van der Waals surface area (Å²) in [7, 11) is 0. The van der Waals surface area contributed by atoms with E-state index in [0.717, 1.165) is 33.5 Å². The van der Waals surface area contributed by atoms with Crippen LogP contribution in [0, 0.1) is 29.1 Å². The number of amides is 1. The van der Waals surface area contributed by atoms with Crippen molar-refractivity contribution in [3.05, 3.63) is 72.8 Å². The first-order valence-electron chi connectivity index (χ1n) is 9.30. The minimum Gasteiger partial charge on any atom is -0.365 e. The van der Waals surface area contributed by atoms with Crippen molar-refractivity contribution >= 4 is 56.0 Å². The molecule has 1 aromatic heterocycles. The highest BCUT2D eigenvalue weighted by Gasteiger charge is 2.34. The number of rotatable bonds is 8. The zero-order valence-electron chi connectivity index (χ0n) is 17.2. The van der Waals surface area contributed by atoms with Gasteiger partial charge in [0.15, 0.2) is 0 Å². The number of nitriles is 1. The standard InChI is InChI=1S/C22H17BrClF2IN4O2/c1-3-21(2,9-17(23)19(29)32)11-31-12-30-18(22(25,26)27)16(20(31)33)5-4-13-6-14(10-28)8-15(24)7-13/h1,6-9,12H,4-5,11H2,2H3,(H2,29,32)/b17-9+. The van der Waals surface area contributed by atoms with Crippen molar-refractivity contribution < 1.29 is 13.6 Å². The average Bonchev–Trinajstić information content (AvgIpc) is 2.72. The van der Waals surface area contributed by atoms with E-state index in [1.165, 1.54) is 12.1 Å². The highest BCUT2D eigenvalue weighted by molar-refractivity contribution is 14.1. The molecule has 2 rings (SSSR count). The Labute approximate surface area is 216 Å². The molecule has 1 unspecified atom stereocenters. The summed E-state index contributed by atoms with van der Waals surface area (Å²) in [4.78, 5) is 28.4. The number of benzene rings is 1. The predicted molar refractivity (Wildman–Crippen MR) is 133 cm³/mol. The molecule has 0 saturated heterocycles. The zero-order valence-corrected chi connectivity index (χ0v) is 21.7. The van der Waals surface area contributed by atoms with E-state index in [-0.39, 0.29) is 29.4 Å². The number of halogens is 5. The zero-order chi connectivity index (χ0) is 25.0. The number of primary amides is 1. The van der Waals surface area contributed by atoms with Crippen LogP contribution in [0.1, 0.15) is 29.3 Å². The van der Waals surface area contributed by atoms with Gasteiger partial charge in [0.1, 0.15) is 5.69 Å². The monoisotopic (exact) mass is 648 g/mol. The lowest BCUT2D eigenvalue weighted by molar-refractivity contribution is -0.113. The Morgan fingerprint density at radius 2 is 2.09 bits per heavy atom. The van der Waals surface area contributed by atoms with E-state index in [2.05, 4.69) is 26.8 Å². The van der Waals surface area contributed by atoms with Crippen LogP contribution in [-0.4, -0.2) is 15.5 Å². The van der Waals surface area contributed by atoms with Crippen molar-refractivity contribution in [3.8, 4) is 18.4 Å². The molecule has 0 aliphatic carbocycles. The molecule has 0 aliphatic rings. The van der Waals surface area contributed by atoms with Crippen LogP contribution in [0.15, 0.2) is 39.9 Å². The Hall–Kier alpha value is -2.28. The van der Waals surface area contributed by atoms with Crippen molar-refractivity contribution in [2.24, 2.45) is 11.1 Å². The van der Waals surface area contributed by atoms with E-state index >= 15 is 0 Å². The van der Waals surface area contributed by atoms with Crippen molar-refractivity contribution in [3.63, 3.8) is 0 Å². The second kappa shape index (κ2) is 10.8. The average molecular weight is 650 g/mol. The number of hydrogen-bond acceptors (Lipinski definition) is 4. The lowest BCUT2D eigenvalue weighted by atomic mass is 9.91. The van der Waals surface area contributed by atoms with Crippen LogP contribution in [0.25, 0.3) is 0 Å². The lowest BCUT2D eigenvalue weighted by Crippen LogP contribution is -2.33. The van der Waals surface area contributed by atoms with E-state index in [9.17, 15) is 18.4 Å². The van der Waals surface area contributed by atoms with Gasteiger partial charge >= 0.3 is 3.93 Å². The fourth-order valence-electron chi connectivity index (χ4n) is 3.08. The topological polar surface area (TPSA) is 102 Å². The molecule has 6 nitrogen and oxygen atoms in total. The number of aryl methyl sites for hydroxylation is 1. The number of carbonyl (C=O) groups excluding carboxylic acids is 1. The number of allylic oxidation sites excluding steroid dienone is 1. The van der Waals surface area contributed by atoms with E-state index in [1.807, 2.05) is 6.07 Å². The van der Waals surface area contributed by atoms with Gasteiger partial charge in [-0.25, -0.2) is 4.98 Å². The van der Waals surface area contributed by atoms with Gasteiger partial charge in [-0.2, -0.15) is 14.0 Å². The van der Waals surface area contributed by atoms with Crippen molar-refractivity contribution in [2.45, 2.75) is 30.2 Å². The minimum absolute atomic E-state index is 0.0221. The summed E-state index contributed by atoms with van der Waals surface area (Å²) in [6.45, 7) is 1.45. The van der Waals surface area contributed by atoms with Gasteiger partial charge in [-0.3, -0.25) is 14.2 Å². The second-order valence-electron chi connectivity index (χ2n) is 7.38. The third-order valence-electron chi connectivity index (χ3n) is 4.66. The van der Waals surface area contributed by atoms with Gasteiger partial charge in [-0.1, -0.05) is 17.5 Å². The summed E-state index contributed by atoms with van der Waals surface area (Å²) >= 11 is 9.96. The molecule has 0 spiro atoms. The molecule has 0 fully saturated rings. The molecular formula is C22H17BrClF2IN4O2. The molecule has 1 amide bonds. The molecule has 2 N–H and O–H groups in total. The predicted octanol–water partition coefficient (Wildman–Crippen LogP) is 4.44. The van der Waals surface area contributed by atoms with Crippen LogP contribution in [-0.2, 0) is 28.1 Å². The highest BCUT2D eigenvalue weighted by atomic mass is 127. The Bertz CT molecular complexity index is 1260. The molecule has 1 aromatic carbocycles. The maximum absolute atomic E-state index is 14.2. The van der Waals surface area contributed by atoms with Crippen LogP contribution in [0.2, 0.25) is 5.02 Å². The number of alkyl halides is 3. The first-order valence-corrected chi connectivity index (χ1v) is 11.6. The molecule has 0 saturated carbocycles. The van der Waals surface area contributed by atoms with Crippen molar-refractivity contribution in [1.82, 2.24) is 9.55 Å². The first kappa shape index (κ1) is 27.0. The minimum atomic E-state index is -3.39. The molecule has 172 valence electrons. The van der Waals surface area contributed by atoms with Gasteiger partial charge in [0.05, 0.1) is 27.9 Å². The summed E-state index contributed by atoms with van der Waals surface area (Å²) < 4.78 is 26.2. The highest BCUT2D eigenvalue weighted by Crippen LogP contribution is 2.35. The van der Waals surface area contributed by atoms with Crippen molar-refractivity contribution in [2.75, 3.05) is 0 Å². The maximum Gasteiger partial charge on any atom is 0.338 e. The number of terminal acetylenes is 1. The number of carbonyl (C=O) groups is 1. The largest absolute Gasteiger partial charge is 0.365 e. The summed E-state index contributed by atoms with van der Waals surface area (Å²) in [6, 6.07) is 6.62.